The van der Waals surface area contributed by atoms with Crippen LogP contribution in [0, 0.1) is 0 Å². The van der Waals surface area contributed by atoms with Gasteiger partial charge in [-0.25, -0.2) is 0 Å². The Balaban J connectivity index is 1.78. The molecule has 0 aromatic heterocycles. The largest absolute Gasteiger partial charge is 0.493 e. The Morgan fingerprint density at radius 3 is 2.48 bits per heavy atom. The molecule has 118 valence electrons. The minimum Gasteiger partial charge on any atom is -0.493 e. The molecule has 0 aliphatic carbocycles. The molecule has 2 heteroatoms. The molecule has 1 N–H and O–H groups in total. The highest BCUT2D eigenvalue weighted by molar-refractivity contribution is 5.87. The number of rotatable bonds is 7. The van der Waals surface area contributed by atoms with Gasteiger partial charge in [-0.1, -0.05) is 67.6 Å². The van der Waals surface area contributed by atoms with Gasteiger partial charge in [0.2, 0.25) is 0 Å². The van der Waals surface area contributed by atoms with Gasteiger partial charge < -0.3 is 10.1 Å². The maximum Gasteiger partial charge on any atom is 0.124 e. The number of hydrogen-bond acceptors (Lipinski definition) is 2. The minimum atomic E-state index is 0.696. The van der Waals surface area contributed by atoms with Crippen molar-refractivity contribution in [2.45, 2.75) is 19.9 Å². The summed E-state index contributed by atoms with van der Waals surface area (Å²) in [6, 6.07) is 23.2. The first-order valence-corrected chi connectivity index (χ1v) is 8.26. The molecule has 0 atom stereocenters. The van der Waals surface area contributed by atoms with E-state index in [1.165, 1.54) is 21.9 Å². The maximum absolute atomic E-state index is 6.11. The zero-order valence-electron chi connectivity index (χ0n) is 13.6. The molecule has 0 heterocycles. The number of nitrogens with one attached hydrogen (secondary N) is 1. The standard InChI is InChI=1S/C21H23NO/c1-2-22-16-20-19-11-7-6-10-18(19)12-13-21(20)23-15-14-17-8-4-3-5-9-17/h3-13,22H,2,14-16H2,1H3. The van der Waals surface area contributed by atoms with Crippen molar-refractivity contribution in [3.8, 4) is 5.75 Å². The van der Waals surface area contributed by atoms with Crippen molar-refractivity contribution in [3.05, 3.63) is 77.9 Å². The topological polar surface area (TPSA) is 21.3 Å². The first-order chi connectivity index (χ1) is 11.4. The quantitative estimate of drug-likeness (QED) is 0.690. The maximum atomic E-state index is 6.11. The van der Waals surface area contributed by atoms with Crippen LogP contribution in [0.15, 0.2) is 66.7 Å². The molecular formula is C21H23NO. The van der Waals surface area contributed by atoms with E-state index in [1.54, 1.807) is 0 Å². The number of hydrogen-bond donors (Lipinski definition) is 1. The van der Waals surface area contributed by atoms with Crippen molar-refractivity contribution in [2.24, 2.45) is 0 Å². The average molecular weight is 305 g/mol. The molecule has 0 amide bonds. The van der Waals surface area contributed by atoms with Gasteiger partial charge in [0.05, 0.1) is 6.61 Å². The minimum absolute atomic E-state index is 0.696. The van der Waals surface area contributed by atoms with Crippen molar-refractivity contribution >= 4 is 10.8 Å². The highest BCUT2D eigenvalue weighted by Crippen LogP contribution is 2.28. The Labute approximate surface area is 138 Å². The van der Waals surface area contributed by atoms with Crippen molar-refractivity contribution in [2.75, 3.05) is 13.2 Å². The predicted octanol–water partition coefficient (Wildman–Crippen LogP) is 4.57. The fourth-order valence-electron chi connectivity index (χ4n) is 2.81. The zero-order chi connectivity index (χ0) is 15.9. The molecule has 0 saturated carbocycles. The van der Waals surface area contributed by atoms with Crippen molar-refractivity contribution in [1.29, 1.82) is 0 Å². The van der Waals surface area contributed by atoms with E-state index < -0.39 is 0 Å². The Kier molecular flexibility index (Phi) is 5.28. The fourth-order valence-corrected chi connectivity index (χ4v) is 2.81. The first kappa shape index (κ1) is 15.6. The van der Waals surface area contributed by atoms with Gasteiger partial charge in [-0.2, -0.15) is 0 Å². The van der Waals surface area contributed by atoms with Gasteiger partial charge >= 0.3 is 0 Å². The third kappa shape index (κ3) is 3.91. The molecule has 0 fully saturated rings. The molecule has 0 aliphatic rings. The summed E-state index contributed by atoms with van der Waals surface area (Å²) in [5.41, 5.74) is 2.56. The Morgan fingerprint density at radius 2 is 1.65 bits per heavy atom. The van der Waals surface area contributed by atoms with E-state index in [0.29, 0.717) is 6.61 Å². The highest BCUT2D eigenvalue weighted by atomic mass is 16.5. The van der Waals surface area contributed by atoms with Crippen LogP contribution in [-0.2, 0) is 13.0 Å². The monoisotopic (exact) mass is 305 g/mol. The normalized spacial score (nSPS) is 10.8. The van der Waals surface area contributed by atoms with Gasteiger partial charge in [-0.3, -0.25) is 0 Å². The van der Waals surface area contributed by atoms with Crippen LogP contribution < -0.4 is 10.1 Å². The van der Waals surface area contributed by atoms with E-state index in [2.05, 4.69) is 72.9 Å². The molecular weight excluding hydrogens is 282 g/mol. The van der Waals surface area contributed by atoms with Gasteiger partial charge in [0.15, 0.2) is 0 Å². The predicted molar refractivity (Wildman–Crippen MR) is 97.0 cm³/mol. The molecule has 0 bridgehead atoms. The molecule has 0 saturated heterocycles. The first-order valence-electron chi connectivity index (χ1n) is 8.26. The van der Waals surface area contributed by atoms with Crippen LogP contribution in [0.3, 0.4) is 0 Å². The third-order valence-corrected chi connectivity index (χ3v) is 4.04. The lowest BCUT2D eigenvalue weighted by Gasteiger charge is -2.15. The molecule has 0 aliphatic heterocycles. The smallest absolute Gasteiger partial charge is 0.124 e. The second-order valence-corrected chi connectivity index (χ2v) is 5.63. The summed E-state index contributed by atoms with van der Waals surface area (Å²) in [7, 11) is 0. The number of fused-ring (bicyclic) bond motifs is 1. The molecule has 0 radical (unpaired) electrons. The molecule has 3 rings (SSSR count). The van der Waals surface area contributed by atoms with Crippen LogP contribution in [0.25, 0.3) is 10.8 Å². The van der Waals surface area contributed by atoms with Gasteiger partial charge in [0.1, 0.15) is 5.75 Å². The van der Waals surface area contributed by atoms with E-state index in [1.807, 2.05) is 6.07 Å². The number of ether oxygens (including phenoxy) is 1. The van der Waals surface area contributed by atoms with Crippen molar-refractivity contribution in [3.63, 3.8) is 0 Å². The number of benzene rings is 3. The fraction of sp³-hybridized carbons (Fsp3) is 0.238. The summed E-state index contributed by atoms with van der Waals surface area (Å²) in [4.78, 5) is 0. The van der Waals surface area contributed by atoms with E-state index >= 15 is 0 Å². The van der Waals surface area contributed by atoms with Crippen LogP contribution in [0.4, 0.5) is 0 Å². The summed E-state index contributed by atoms with van der Waals surface area (Å²) >= 11 is 0. The molecule has 0 spiro atoms. The summed E-state index contributed by atoms with van der Waals surface area (Å²) in [5, 5.41) is 5.95. The van der Waals surface area contributed by atoms with Gasteiger partial charge in [-0.15, -0.1) is 0 Å². The van der Waals surface area contributed by atoms with E-state index in [4.69, 9.17) is 4.74 Å². The lowest BCUT2D eigenvalue weighted by molar-refractivity contribution is 0.318. The van der Waals surface area contributed by atoms with E-state index in [-0.39, 0.29) is 0 Å². The van der Waals surface area contributed by atoms with Crippen LogP contribution in [0.5, 0.6) is 5.75 Å². The van der Waals surface area contributed by atoms with E-state index in [9.17, 15) is 0 Å². The molecule has 3 aromatic carbocycles. The Bertz CT molecular complexity index is 752. The SMILES string of the molecule is CCNCc1c(OCCc2ccccc2)ccc2ccccc12. The second-order valence-electron chi connectivity index (χ2n) is 5.63. The highest BCUT2D eigenvalue weighted by Gasteiger charge is 2.08. The zero-order valence-corrected chi connectivity index (χ0v) is 13.6. The van der Waals surface area contributed by atoms with Gasteiger partial charge in [-0.05, 0) is 28.9 Å². The molecule has 2 nitrogen and oxygen atoms in total. The molecule has 3 aromatic rings. The van der Waals surface area contributed by atoms with Gasteiger partial charge in [0, 0.05) is 18.5 Å². The van der Waals surface area contributed by atoms with Crippen LogP contribution in [-0.4, -0.2) is 13.2 Å². The summed E-state index contributed by atoms with van der Waals surface area (Å²) < 4.78 is 6.11. The molecule has 0 unspecified atom stereocenters. The summed E-state index contributed by atoms with van der Waals surface area (Å²) in [5.74, 6) is 0.987. The lowest BCUT2D eigenvalue weighted by Crippen LogP contribution is -2.14. The second kappa shape index (κ2) is 7.80. The van der Waals surface area contributed by atoms with Crippen LogP contribution in [0.1, 0.15) is 18.1 Å². The Morgan fingerprint density at radius 1 is 0.870 bits per heavy atom. The Hall–Kier alpha value is -2.32. The third-order valence-electron chi connectivity index (χ3n) is 4.04. The van der Waals surface area contributed by atoms with Crippen LogP contribution in [0.2, 0.25) is 0 Å². The average Bonchev–Trinajstić information content (AvgIpc) is 2.61. The lowest BCUT2D eigenvalue weighted by atomic mass is 10.0. The van der Waals surface area contributed by atoms with E-state index in [0.717, 1.165) is 25.3 Å². The van der Waals surface area contributed by atoms with Crippen molar-refractivity contribution < 1.29 is 4.74 Å². The summed E-state index contributed by atoms with van der Waals surface area (Å²) in [6.07, 6.45) is 0.925. The van der Waals surface area contributed by atoms with Crippen LogP contribution >= 0.6 is 0 Å². The van der Waals surface area contributed by atoms with Crippen molar-refractivity contribution in [1.82, 2.24) is 5.32 Å². The molecule has 23 heavy (non-hydrogen) atoms. The van der Waals surface area contributed by atoms with Gasteiger partial charge in [0.25, 0.3) is 0 Å². The summed E-state index contributed by atoms with van der Waals surface area (Å²) in [6.45, 7) is 4.60.